The lowest BCUT2D eigenvalue weighted by molar-refractivity contribution is -0.145. The van der Waals surface area contributed by atoms with E-state index in [1.807, 2.05) is 0 Å². The quantitative estimate of drug-likeness (QED) is 0.534. The molecule has 4 nitrogen and oxygen atoms in total. The van der Waals surface area contributed by atoms with Crippen LogP contribution in [0.4, 0.5) is 0 Å². The molecule has 1 heterocycles. The van der Waals surface area contributed by atoms with Crippen LogP contribution in [0.2, 0.25) is 0 Å². The van der Waals surface area contributed by atoms with E-state index in [-0.39, 0.29) is 2.85 Å². The molecule has 0 aromatic heterocycles. The van der Waals surface area contributed by atoms with E-state index in [1.54, 1.807) is 0 Å². The van der Waals surface area contributed by atoms with Crippen LogP contribution in [0.15, 0.2) is 0 Å². The largest absolute Gasteiger partial charge is 0.356 e. The van der Waals surface area contributed by atoms with Gasteiger partial charge in [0.05, 0.1) is 0 Å². The number of nitrogens with zero attached hydrogens (tertiary/aromatic N) is 1. The Morgan fingerprint density at radius 1 is 1.12 bits per heavy atom. The first kappa shape index (κ1) is 19.7. The van der Waals surface area contributed by atoms with Gasteiger partial charge in [-0.1, -0.05) is 40.0 Å². The maximum atomic E-state index is 12.2. The lowest BCUT2D eigenvalue weighted by atomic mass is 9.57. The summed E-state index contributed by atoms with van der Waals surface area (Å²) < 4.78 is 0. The van der Waals surface area contributed by atoms with Crippen molar-refractivity contribution in [3.8, 4) is 0 Å². The van der Waals surface area contributed by atoms with Gasteiger partial charge in [0.15, 0.2) is 0 Å². The summed E-state index contributed by atoms with van der Waals surface area (Å²) in [5, 5.41) is 6.52. The molecule has 1 aliphatic heterocycles. The molecule has 2 aliphatic rings. The highest BCUT2D eigenvalue weighted by atomic mass is 16.1. The summed E-state index contributed by atoms with van der Waals surface area (Å²) in [6.45, 7) is 13.5. The molecule has 0 aromatic carbocycles. The summed E-state index contributed by atoms with van der Waals surface area (Å²) in [7, 11) is 0. The third kappa shape index (κ3) is 6.03. The molecule has 1 aliphatic carbocycles. The van der Waals surface area contributed by atoms with E-state index >= 15 is 0 Å². The Morgan fingerprint density at radius 2 is 1.75 bits per heavy atom. The van der Waals surface area contributed by atoms with Gasteiger partial charge in [0, 0.05) is 35.0 Å². The van der Waals surface area contributed by atoms with Crippen LogP contribution in [0.3, 0.4) is 0 Å². The molecule has 144 valence electrons. The molecule has 1 spiro atoms. The molecule has 2 fully saturated rings. The molecular weight excluding hydrogens is 298 g/mol. The normalized spacial score (nSPS) is 20.2. The van der Waals surface area contributed by atoms with Gasteiger partial charge in [-0.15, -0.1) is 0 Å². The highest BCUT2D eigenvalue weighted by Crippen LogP contribution is 2.51. The Kier molecular flexibility index (Phi) is 8.02. The van der Waals surface area contributed by atoms with Crippen LogP contribution in [0, 0.1) is 17.3 Å². The molecule has 0 aromatic rings. The highest BCUT2D eigenvalue weighted by molar-refractivity contribution is 5.79. The van der Waals surface area contributed by atoms with Crippen LogP contribution < -0.4 is 10.6 Å². The van der Waals surface area contributed by atoms with Gasteiger partial charge in [0.25, 0.3) is 0 Å². The first-order chi connectivity index (χ1) is 11.5. The average molecular weight is 342 g/mol. The SMILES string of the molecule is CCNCCCCCCCNC(=O)C1CC2(C1)CN(CC(C)C)C2.[HH].[HH]. The molecule has 0 unspecified atom stereocenters. The molecule has 0 radical (unpaired) electrons. The van der Waals surface area contributed by atoms with Crippen LogP contribution in [0.5, 0.6) is 0 Å². The van der Waals surface area contributed by atoms with E-state index in [9.17, 15) is 4.79 Å². The maximum absolute atomic E-state index is 12.2. The summed E-state index contributed by atoms with van der Waals surface area (Å²) in [5.74, 6) is 1.37. The van der Waals surface area contributed by atoms with E-state index in [2.05, 4.69) is 36.3 Å². The topological polar surface area (TPSA) is 44.4 Å². The minimum absolute atomic E-state index is 0. The molecule has 1 amide bonds. The fourth-order valence-corrected chi connectivity index (χ4v) is 4.42. The summed E-state index contributed by atoms with van der Waals surface area (Å²) in [6.07, 6.45) is 8.49. The van der Waals surface area contributed by atoms with Crippen molar-refractivity contribution < 1.29 is 7.65 Å². The van der Waals surface area contributed by atoms with Crippen LogP contribution >= 0.6 is 0 Å². The van der Waals surface area contributed by atoms with Gasteiger partial charge in [0.1, 0.15) is 0 Å². The average Bonchev–Trinajstić information content (AvgIpc) is 2.46. The summed E-state index contributed by atoms with van der Waals surface area (Å²) >= 11 is 0. The van der Waals surface area contributed by atoms with Crippen LogP contribution in [0.1, 0.15) is 68.6 Å². The van der Waals surface area contributed by atoms with Crippen molar-refractivity contribution in [2.75, 3.05) is 39.3 Å². The van der Waals surface area contributed by atoms with Crippen LogP contribution in [-0.4, -0.2) is 50.1 Å². The minimum Gasteiger partial charge on any atom is -0.356 e. The number of unbranched alkanes of at least 4 members (excludes halogenated alkanes) is 4. The van der Waals surface area contributed by atoms with Crippen molar-refractivity contribution in [2.45, 2.75) is 65.7 Å². The zero-order valence-electron chi connectivity index (χ0n) is 16.2. The van der Waals surface area contributed by atoms with Crippen LogP contribution in [0.25, 0.3) is 0 Å². The lowest BCUT2D eigenvalue weighted by Gasteiger charge is -2.59. The number of hydrogen-bond donors (Lipinski definition) is 2. The monoisotopic (exact) mass is 341 g/mol. The number of likely N-dealkylation sites (tertiary alicyclic amines) is 1. The number of rotatable bonds is 12. The van der Waals surface area contributed by atoms with Crippen molar-refractivity contribution in [1.82, 2.24) is 15.5 Å². The number of nitrogens with one attached hydrogen (secondary N) is 2. The molecule has 4 heteroatoms. The fourth-order valence-electron chi connectivity index (χ4n) is 4.42. The van der Waals surface area contributed by atoms with Gasteiger partial charge in [-0.2, -0.15) is 0 Å². The lowest BCUT2D eigenvalue weighted by Crippen LogP contribution is -2.64. The third-order valence-electron chi connectivity index (χ3n) is 5.55. The predicted octanol–water partition coefficient (Wildman–Crippen LogP) is 3.52. The molecule has 24 heavy (non-hydrogen) atoms. The Bertz CT molecular complexity index is 379. The second-order valence-electron chi connectivity index (χ2n) is 8.58. The first-order valence-corrected chi connectivity index (χ1v) is 10.3. The van der Waals surface area contributed by atoms with E-state index in [4.69, 9.17) is 0 Å². The molecule has 0 atom stereocenters. The number of amides is 1. The molecular formula is C20H43N3O. The van der Waals surface area contributed by atoms with Crippen molar-refractivity contribution >= 4 is 5.91 Å². The second-order valence-corrected chi connectivity index (χ2v) is 8.58. The molecule has 1 saturated heterocycles. The van der Waals surface area contributed by atoms with Gasteiger partial charge in [-0.05, 0) is 50.1 Å². The fraction of sp³-hybridized carbons (Fsp3) is 0.950. The summed E-state index contributed by atoms with van der Waals surface area (Å²) in [5.41, 5.74) is 0.503. The van der Waals surface area contributed by atoms with E-state index in [1.165, 1.54) is 45.3 Å². The van der Waals surface area contributed by atoms with Gasteiger partial charge in [-0.25, -0.2) is 0 Å². The zero-order valence-corrected chi connectivity index (χ0v) is 16.2. The molecule has 2 rings (SSSR count). The van der Waals surface area contributed by atoms with Gasteiger partial charge in [0.2, 0.25) is 5.91 Å². The van der Waals surface area contributed by atoms with Crippen molar-refractivity contribution in [3.05, 3.63) is 0 Å². The predicted molar refractivity (Wildman–Crippen MR) is 105 cm³/mol. The number of carbonyl (C=O) groups excluding carboxylic acids is 1. The summed E-state index contributed by atoms with van der Waals surface area (Å²) in [6, 6.07) is 0. The smallest absolute Gasteiger partial charge is 0.223 e. The van der Waals surface area contributed by atoms with Crippen molar-refractivity contribution in [2.24, 2.45) is 17.3 Å². The second kappa shape index (κ2) is 9.76. The molecule has 1 saturated carbocycles. The standard InChI is InChI=1S/C20H39N3O.2H2/c1-4-21-10-8-6-5-7-9-11-22-19(24)18-12-20(13-18)15-23(16-20)14-17(2)3;;/h17-18,21H,4-16H2,1-3H3,(H,22,24);2*1H. The Morgan fingerprint density at radius 3 is 2.38 bits per heavy atom. The highest BCUT2D eigenvalue weighted by Gasteiger charge is 2.53. The van der Waals surface area contributed by atoms with Crippen LogP contribution in [-0.2, 0) is 4.79 Å². The maximum Gasteiger partial charge on any atom is 0.223 e. The first-order valence-electron chi connectivity index (χ1n) is 10.3. The number of carbonyl (C=O) groups is 1. The van der Waals surface area contributed by atoms with Crippen molar-refractivity contribution in [3.63, 3.8) is 0 Å². The summed E-state index contributed by atoms with van der Waals surface area (Å²) in [4.78, 5) is 14.7. The Labute approximate surface area is 152 Å². The van der Waals surface area contributed by atoms with E-state index < -0.39 is 0 Å². The Balaban J connectivity index is 0.00000312. The zero-order chi connectivity index (χ0) is 17.4. The van der Waals surface area contributed by atoms with Gasteiger partial charge < -0.3 is 15.5 Å². The minimum atomic E-state index is 0. The third-order valence-corrected chi connectivity index (χ3v) is 5.55. The van der Waals surface area contributed by atoms with E-state index in [0.717, 1.165) is 44.8 Å². The van der Waals surface area contributed by atoms with Gasteiger partial charge in [-0.3, -0.25) is 4.79 Å². The van der Waals surface area contributed by atoms with Crippen molar-refractivity contribution in [1.29, 1.82) is 0 Å². The molecule has 0 bridgehead atoms. The van der Waals surface area contributed by atoms with E-state index in [0.29, 0.717) is 17.2 Å². The van der Waals surface area contributed by atoms with Gasteiger partial charge >= 0.3 is 0 Å². The molecule has 2 N–H and O–H groups in total. The number of hydrogen-bond acceptors (Lipinski definition) is 3. The Hall–Kier alpha value is -0.610.